The van der Waals surface area contributed by atoms with Gasteiger partial charge in [0.05, 0.1) is 18.5 Å². The molecular weight excluding hydrogens is 280 g/mol. The number of likely N-dealkylation sites (N-methyl/N-ethyl adjacent to an activating group) is 1. The van der Waals surface area contributed by atoms with Crippen LogP contribution in [0.15, 0.2) is 52.2 Å². The highest BCUT2D eigenvalue weighted by Crippen LogP contribution is 2.20. The van der Waals surface area contributed by atoms with Gasteiger partial charge in [-0.1, -0.05) is 29.4 Å². The molecule has 1 unspecified atom stereocenters. The average Bonchev–Trinajstić information content (AvgIpc) is 3.18. The van der Waals surface area contributed by atoms with Crippen LogP contribution >= 0.6 is 0 Å². The molecule has 114 valence electrons. The lowest BCUT2D eigenvalue weighted by Crippen LogP contribution is -2.34. The van der Waals surface area contributed by atoms with Crippen molar-refractivity contribution in [3.63, 3.8) is 0 Å². The van der Waals surface area contributed by atoms with E-state index < -0.39 is 0 Å². The lowest BCUT2D eigenvalue weighted by molar-refractivity contribution is 0.0464. The van der Waals surface area contributed by atoms with Crippen molar-refractivity contribution >= 4 is 11.6 Å². The average molecular weight is 298 g/mol. The minimum atomic E-state index is -0.155. The molecule has 0 N–H and O–H groups in total. The Kier molecular flexibility index (Phi) is 3.96. The van der Waals surface area contributed by atoms with Crippen LogP contribution in [0.1, 0.15) is 28.1 Å². The summed E-state index contributed by atoms with van der Waals surface area (Å²) >= 11 is 0. The lowest BCUT2D eigenvalue weighted by atomic mass is 10.0. The molecule has 1 aromatic heterocycles. The second-order valence-electron chi connectivity index (χ2n) is 5.45. The van der Waals surface area contributed by atoms with Gasteiger partial charge >= 0.3 is 0 Å². The van der Waals surface area contributed by atoms with E-state index in [1.54, 1.807) is 24.1 Å². The van der Waals surface area contributed by atoms with Gasteiger partial charge in [-0.05, 0) is 24.6 Å². The van der Waals surface area contributed by atoms with Crippen LogP contribution in [0.2, 0.25) is 0 Å². The monoisotopic (exact) mass is 298 g/mol. The van der Waals surface area contributed by atoms with Crippen LogP contribution in [0.4, 0.5) is 0 Å². The van der Waals surface area contributed by atoms with Crippen molar-refractivity contribution in [1.82, 2.24) is 4.90 Å². The maximum atomic E-state index is 12.1. The van der Waals surface area contributed by atoms with E-state index in [1.807, 2.05) is 18.2 Å². The second-order valence-corrected chi connectivity index (χ2v) is 5.45. The van der Waals surface area contributed by atoms with Crippen molar-refractivity contribution in [2.75, 3.05) is 13.6 Å². The minimum absolute atomic E-state index is 0.126. The number of rotatable bonds is 4. The standard InChI is InChI=1S/C17H18N2O3/c1-12-6-3-4-7-14(12)15-10-13(22-18-15)11-19(2)17(20)16-8-5-9-21-16/h3-9,13H,10-11H2,1-2H3. The number of furan rings is 1. The van der Waals surface area contributed by atoms with E-state index in [1.165, 1.54) is 11.8 Å². The first-order chi connectivity index (χ1) is 10.6. The van der Waals surface area contributed by atoms with Crippen molar-refractivity contribution in [3.05, 3.63) is 59.5 Å². The van der Waals surface area contributed by atoms with Crippen LogP contribution in [0.5, 0.6) is 0 Å². The molecule has 0 spiro atoms. The molecule has 22 heavy (non-hydrogen) atoms. The predicted molar refractivity (Wildman–Crippen MR) is 82.9 cm³/mol. The normalized spacial score (nSPS) is 17.0. The third-order valence-electron chi connectivity index (χ3n) is 3.75. The zero-order valence-electron chi connectivity index (χ0n) is 12.7. The molecule has 0 fully saturated rings. The van der Waals surface area contributed by atoms with Crippen molar-refractivity contribution < 1.29 is 14.0 Å². The first kappa shape index (κ1) is 14.4. The molecule has 0 radical (unpaired) electrons. The van der Waals surface area contributed by atoms with Crippen LogP contribution < -0.4 is 0 Å². The third-order valence-corrected chi connectivity index (χ3v) is 3.75. The Morgan fingerprint density at radius 3 is 2.86 bits per heavy atom. The van der Waals surface area contributed by atoms with E-state index in [9.17, 15) is 4.79 Å². The highest BCUT2D eigenvalue weighted by Gasteiger charge is 2.26. The highest BCUT2D eigenvalue weighted by atomic mass is 16.6. The van der Waals surface area contributed by atoms with Gasteiger partial charge in [0, 0.05) is 19.0 Å². The summed E-state index contributed by atoms with van der Waals surface area (Å²) in [5.74, 6) is 0.179. The number of oxime groups is 1. The molecule has 0 saturated heterocycles. The van der Waals surface area contributed by atoms with E-state index in [-0.39, 0.29) is 12.0 Å². The number of hydrogen-bond donors (Lipinski definition) is 0. The smallest absolute Gasteiger partial charge is 0.289 e. The van der Waals surface area contributed by atoms with Gasteiger partial charge in [0.2, 0.25) is 0 Å². The fourth-order valence-electron chi connectivity index (χ4n) is 2.56. The number of hydrogen-bond acceptors (Lipinski definition) is 4. The van der Waals surface area contributed by atoms with Crippen molar-refractivity contribution in [3.8, 4) is 0 Å². The summed E-state index contributed by atoms with van der Waals surface area (Å²) in [4.78, 5) is 19.2. The number of aryl methyl sites for hydroxylation is 1. The molecule has 1 aliphatic heterocycles. The van der Waals surface area contributed by atoms with E-state index in [0.717, 1.165) is 11.3 Å². The Morgan fingerprint density at radius 1 is 1.32 bits per heavy atom. The fraction of sp³-hybridized carbons (Fsp3) is 0.294. The molecule has 2 heterocycles. The summed E-state index contributed by atoms with van der Waals surface area (Å²) in [5.41, 5.74) is 3.21. The summed E-state index contributed by atoms with van der Waals surface area (Å²) in [6, 6.07) is 11.4. The summed E-state index contributed by atoms with van der Waals surface area (Å²) in [6.07, 6.45) is 2.06. The Morgan fingerprint density at radius 2 is 2.14 bits per heavy atom. The quantitative estimate of drug-likeness (QED) is 0.872. The van der Waals surface area contributed by atoms with Gasteiger partial charge in [0.15, 0.2) is 11.9 Å². The summed E-state index contributed by atoms with van der Waals surface area (Å²) < 4.78 is 5.13. The molecular formula is C17H18N2O3. The molecule has 0 bridgehead atoms. The van der Waals surface area contributed by atoms with Gasteiger partial charge in [0.25, 0.3) is 5.91 Å². The van der Waals surface area contributed by atoms with Crippen molar-refractivity contribution in [2.24, 2.45) is 5.16 Å². The molecule has 1 atom stereocenters. The van der Waals surface area contributed by atoms with Gasteiger partial charge in [-0.2, -0.15) is 0 Å². The SMILES string of the molecule is Cc1ccccc1C1=NOC(CN(C)C(=O)c2ccco2)C1. The van der Waals surface area contributed by atoms with Crippen molar-refractivity contribution in [1.29, 1.82) is 0 Å². The maximum absolute atomic E-state index is 12.1. The molecule has 5 nitrogen and oxygen atoms in total. The fourth-order valence-corrected chi connectivity index (χ4v) is 2.56. The number of amides is 1. The molecule has 0 saturated carbocycles. The van der Waals surface area contributed by atoms with Crippen LogP contribution in [0, 0.1) is 6.92 Å². The topological polar surface area (TPSA) is 55.0 Å². The lowest BCUT2D eigenvalue weighted by Gasteiger charge is -2.18. The third kappa shape index (κ3) is 2.88. The number of benzene rings is 1. The number of nitrogens with zero attached hydrogens (tertiary/aromatic N) is 2. The summed E-state index contributed by atoms with van der Waals surface area (Å²) in [6.45, 7) is 2.52. The first-order valence-corrected chi connectivity index (χ1v) is 7.23. The van der Waals surface area contributed by atoms with Crippen LogP contribution in [0.3, 0.4) is 0 Å². The zero-order chi connectivity index (χ0) is 15.5. The van der Waals surface area contributed by atoms with Crippen molar-refractivity contribution in [2.45, 2.75) is 19.4 Å². The molecule has 1 amide bonds. The minimum Gasteiger partial charge on any atom is -0.459 e. The second kappa shape index (κ2) is 6.05. The van der Waals surface area contributed by atoms with Gasteiger partial charge in [-0.3, -0.25) is 4.79 Å². The van der Waals surface area contributed by atoms with E-state index >= 15 is 0 Å². The number of carbonyl (C=O) groups is 1. The van der Waals surface area contributed by atoms with Gasteiger partial charge in [-0.25, -0.2) is 0 Å². The Bertz CT molecular complexity index is 692. The first-order valence-electron chi connectivity index (χ1n) is 7.23. The molecule has 5 heteroatoms. The Balaban J connectivity index is 1.61. The maximum Gasteiger partial charge on any atom is 0.289 e. The van der Waals surface area contributed by atoms with Gasteiger partial charge in [-0.15, -0.1) is 0 Å². The van der Waals surface area contributed by atoms with E-state index in [2.05, 4.69) is 18.1 Å². The predicted octanol–water partition coefficient (Wildman–Crippen LogP) is 2.85. The van der Waals surface area contributed by atoms with Crippen LogP contribution in [-0.2, 0) is 4.84 Å². The van der Waals surface area contributed by atoms with Gasteiger partial charge in [0.1, 0.15) is 0 Å². The van der Waals surface area contributed by atoms with E-state index in [0.29, 0.717) is 18.7 Å². The highest BCUT2D eigenvalue weighted by molar-refractivity contribution is 6.02. The largest absolute Gasteiger partial charge is 0.459 e. The van der Waals surface area contributed by atoms with Crippen LogP contribution in [-0.4, -0.2) is 36.2 Å². The summed E-state index contributed by atoms with van der Waals surface area (Å²) in [7, 11) is 1.74. The molecule has 1 aromatic carbocycles. The summed E-state index contributed by atoms with van der Waals surface area (Å²) in [5, 5.41) is 4.18. The molecule has 3 rings (SSSR count). The molecule has 0 aliphatic carbocycles. The Labute approximate surface area is 129 Å². The van der Waals surface area contributed by atoms with Crippen LogP contribution in [0.25, 0.3) is 0 Å². The zero-order valence-corrected chi connectivity index (χ0v) is 12.7. The number of carbonyl (C=O) groups excluding carboxylic acids is 1. The molecule has 2 aromatic rings. The Hall–Kier alpha value is -2.56. The van der Waals surface area contributed by atoms with E-state index in [4.69, 9.17) is 9.25 Å². The van der Waals surface area contributed by atoms with Gasteiger partial charge < -0.3 is 14.2 Å². The molecule has 1 aliphatic rings.